The molecule has 1 fully saturated rings. The second-order valence-corrected chi connectivity index (χ2v) is 6.13. The van der Waals surface area contributed by atoms with Gasteiger partial charge in [0.05, 0.1) is 5.75 Å². The molecule has 0 unspecified atom stereocenters. The summed E-state index contributed by atoms with van der Waals surface area (Å²) >= 11 is 1.34. The van der Waals surface area contributed by atoms with Gasteiger partial charge >= 0.3 is 0 Å². The first kappa shape index (κ1) is 14.1. The van der Waals surface area contributed by atoms with Gasteiger partial charge in [0, 0.05) is 24.0 Å². The predicted molar refractivity (Wildman–Crippen MR) is 80.7 cm³/mol. The van der Waals surface area contributed by atoms with Crippen molar-refractivity contribution >= 4 is 17.7 Å². The summed E-state index contributed by atoms with van der Waals surface area (Å²) in [5.41, 5.74) is 0.927. The van der Waals surface area contributed by atoms with Crippen molar-refractivity contribution in [1.29, 1.82) is 0 Å². The molecular formula is C14H17N5OS. The zero-order valence-corrected chi connectivity index (χ0v) is 12.6. The van der Waals surface area contributed by atoms with Gasteiger partial charge < -0.3 is 5.32 Å². The van der Waals surface area contributed by atoms with Gasteiger partial charge in [-0.2, -0.15) is 0 Å². The number of pyridine rings is 1. The summed E-state index contributed by atoms with van der Waals surface area (Å²) in [4.78, 5) is 20.2. The quantitative estimate of drug-likeness (QED) is 0.796. The molecular weight excluding hydrogens is 286 g/mol. The molecule has 2 N–H and O–H groups in total. The summed E-state index contributed by atoms with van der Waals surface area (Å²) < 4.78 is 0. The van der Waals surface area contributed by atoms with Crippen molar-refractivity contribution in [3.63, 3.8) is 0 Å². The fourth-order valence-electron chi connectivity index (χ4n) is 2.09. The number of nitrogens with zero attached hydrogens (tertiary/aromatic N) is 3. The average molecular weight is 303 g/mol. The van der Waals surface area contributed by atoms with Crippen LogP contribution in [0.1, 0.15) is 19.8 Å². The van der Waals surface area contributed by atoms with Gasteiger partial charge in [-0.25, -0.2) is 4.98 Å². The van der Waals surface area contributed by atoms with E-state index in [0.717, 1.165) is 5.56 Å². The Morgan fingerprint density at radius 1 is 1.48 bits per heavy atom. The normalized spacial score (nSPS) is 15.7. The van der Waals surface area contributed by atoms with Gasteiger partial charge in [0.15, 0.2) is 5.82 Å². The van der Waals surface area contributed by atoms with E-state index in [1.807, 2.05) is 12.1 Å². The Kier molecular flexibility index (Phi) is 4.19. The molecule has 1 aliphatic carbocycles. The molecule has 0 aliphatic heterocycles. The minimum Gasteiger partial charge on any atom is -0.353 e. The third-order valence-electron chi connectivity index (χ3n) is 3.47. The van der Waals surface area contributed by atoms with E-state index < -0.39 is 0 Å². The fourth-order valence-corrected chi connectivity index (χ4v) is 2.70. The number of amides is 1. The molecule has 0 saturated heterocycles. The first-order valence-electron chi connectivity index (χ1n) is 6.97. The van der Waals surface area contributed by atoms with Gasteiger partial charge in [0.1, 0.15) is 0 Å². The molecule has 1 aliphatic rings. The minimum atomic E-state index is 0.0367. The van der Waals surface area contributed by atoms with E-state index in [-0.39, 0.29) is 11.9 Å². The fraction of sp³-hybridized carbons (Fsp3) is 0.429. The van der Waals surface area contributed by atoms with Gasteiger partial charge in [-0.3, -0.25) is 14.9 Å². The zero-order chi connectivity index (χ0) is 14.7. The molecule has 7 heteroatoms. The van der Waals surface area contributed by atoms with Crippen molar-refractivity contribution in [3.8, 4) is 11.4 Å². The minimum absolute atomic E-state index is 0.0367. The summed E-state index contributed by atoms with van der Waals surface area (Å²) in [6.07, 6.45) is 5.87. The van der Waals surface area contributed by atoms with Crippen LogP contribution in [0.15, 0.2) is 29.7 Å². The van der Waals surface area contributed by atoms with Crippen LogP contribution in [-0.2, 0) is 4.79 Å². The van der Waals surface area contributed by atoms with Crippen LogP contribution < -0.4 is 5.32 Å². The van der Waals surface area contributed by atoms with Gasteiger partial charge in [-0.05, 0) is 37.8 Å². The Morgan fingerprint density at radius 3 is 2.95 bits per heavy atom. The van der Waals surface area contributed by atoms with Crippen molar-refractivity contribution < 1.29 is 4.79 Å². The highest BCUT2D eigenvalue weighted by atomic mass is 32.2. The average Bonchev–Trinajstić information content (AvgIpc) is 3.25. The maximum absolute atomic E-state index is 11.8. The lowest BCUT2D eigenvalue weighted by Crippen LogP contribution is -2.35. The van der Waals surface area contributed by atoms with Crippen molar-refractivity contribution in [2.45, 2.75) is 31.0 Å². The summed E-state index contributed by atoms with van der Waals surface area (Å²) in [7, 11) is 0. The van der Waals surface area contributed by atoms with Gasteiger partial charge in [-0.15, -0.1) is 5.10 Å². The number of aromatic nitrogens is 4. The predicted octanol–water partition coefficient (Wildman–Crippen LogP) is 1.87. The molecule has 21 heavy (non-hydrogen) atoms. The lowest BCUT2D eigenvalue weighted by Gasteiger charge is -2.11. The highest BCUT2D eigenvalue weighted by molar-refractivity contribution is 7.99. The number of aromatic amines is 1. The summed E-state index contributed by atoms with van der Waals surface area (Å²) in [6, 6.07) is 4.00. The van der Waals surface area contributed by atoms with Gasteiger partial charge in [-0.1, -0.05) is 11.8 Å². The van der Waals surface area contributed by atoms with E-state index >= 15 is 0 Å². The van der Waals surface area contributed by atoms with E-state index in [2.05, 4.69) is 32.4 Å². The number of H-pyrrole nitrogens is 1. The van der Waals surface area contributed by atoms with Gasteiger partial charge in [0.25, 0.3) is 0 Å². The summed E-state index contributed by atoms with van der Waals surface area (Å²) in [6.45, 7) is 2.06. The van der Waals surface area contributed by atoms with Crippen LogP contribution in [0.25, 0.3) is 11.4 Å². The molecule has 3 rings (SSSR count). The number of rotatable bonds is 6. The van der Waals surface area contributed by atoms with E-state index in [9.17, 15) is 4.79 Å². The standard InChI is InChI=1S/C14H17N5OS/c1-9(10-2-3-10)16-12(20)8-21-14-17-13(18-19-14)11-4-6-15-7-5-11/h4-7,9-10H,2-3,8H2,1H3,(H,16,20)(H,17,18,19)/t9-/m1/s1. The number of hydrogen-bond donors (Lipinski definition) is 2. The smallest absolute Gasteiger partial charge is 0.230 e. The molecule has 2 heterocycles. The molecule has 0 spiro atoms. The van der Waals surface area contributed by atoms with E-state index in [4.69, 9.17) is 0 Å². The van der Waals surface area contributed by atoms with E-state index in [1.165, 1.54) is 24.6 Å². The monoisotopic (exact) mass is 303 g/mol. The van der Waals surface area contributed by atoms with Crippen LogP contribution in [-0.4, -0.2) is 37.9 Å². The Bertz CT molecular complexity index is 611. The van der Waals surface area contributed by atoms with Crippen molar-refractivity contribution in [1.82, 2.24) is 25.5 Å². The van der Waals surface area contributed by atoms with Crippen LogP contribution in [0, 0.1) is 5.92 Å². The number of thioether (sulfide) groups is 1. The topological polar surface area (TPSA) is 83.6 Å². The zero-order valence-electron chi connectivity index (χ0n) is 11.7. The molecule has 1 amide bonds. The third-order valence-corrected chi connectivity index (χ3v) is 4.32. The second kappa shape index (κ2) is 6.26. The number of carbonyl (C=O) groups excluding carboxylic acids is 1. The second-order valence-electron chi connectivity index (χ2n) is 5.18. The Balaban J connectivity index is 1.51. The van der Waals surface area contributed by atoms with Crippen molar-refractivity contribution in [2.75, 3.05) is 5.75 Å². The number of nitrogens with one attached hydrogen (secondary N) is 2. The third kappa shape index (κ3) is 3.81. The summed E-state index contributed by atoms with van der Waals surface area (Å²) in [5, 5.41) is 10.6. The van der Waals surface area contributed by atoms with Crippen molar-refractivity contribution in [3.05, 3.63) is 24.5 Å². The first-order chi connectivity index (χ1) is 10.2. The van der Waals surface area contributed by atoms with E-state index in [1.54, 1.807) is 12.4 Å². The largest absolute Gasteiger partial charge is 0.353 e. The Morgan fingerprint density at radius 2 is 2.24 bits per heavy atom. The molecule has 0 radical (unpaired) electrons. The van der Waals surface area contributed by atoms with Crippen molar-refractivity contribution in [2.24, 2.45) is 5.92 Å². The molecule has 1 atom stereocenters. The molecule has 0 bridgehead atoms. The van der Waals surface area contributed by atoms with Gasteiger partial charge in [0.2, 0.25) is 11.1 Å². The Hall–Kier alpha value is -1.89. The molecule has 0 aromatic carbocycles. The van der Waals surface area contributed by atoms with Crippen LogP contribution in [0.2, 0.25) is 0 Å². The highest BCUT2D eigenvalue weighted by Gasteiger charge is 2.28. The lowest BCUT2D eigenvalue weighted by atomic mass is 10.2. The molecule has 2 aromatic heterocycles. The van der Waals surface area contributed by atoms with Crippen LogP contribution in [0.3, 0.4) is 0 Å². The maximum atomic E-state index is 11.8. The maximum Gasteiger partial charge on any atom is 0.230 e. The molecule has 2 aromatic rings. The molecule has 110 valence electrons. The first-order valence-corrected chi connectivity index (χ1v) is 7.96. The van der Waals surface area contributed by atoms with E-state index in [0.29, 0.717) is 22.7 Å². The SMILES string of the molecule is C[C@@H](NC(=O)CSc1n[nH]c(-c2ccncc2)n1)C1CC1. The number of hydrogen-bond acceptors (Lipinski definition) is 5. The van der Waals surface area contributed by atoms with Crippen LogP contribution in [0.5, 0.6) is 0 Å². The summed E-state index contributed by atoms with van der Waals surface area (Å²) in [5.74, 6) is 1.73. The van der Waals surface area contributed by atoms with Crippen LogP contribution in [0.4, 0.5) is 0 Å². The number of carbonyl (C=O) groups is 1. The molecule has 1 saturated carbocycles. The van der Waals surface area contributed by atoms with Crippen LogP contribution >= 0.6 is 11.8 Å². The lowest BCUT2D eigenvalue weighted by molar-refractivity contribution is -0.119. The highest BCUT2D eigenvalue weighted by Crippen LogP contribution is 2.32. The molecule has 6 nitrogen and oxygen atoms in total. The Labute approximate surface area is 127 Å².